The summed E-state index contributed by atoms with van der Waals surface area (Å²) in [4.78, 5) is 7.27. The molecular formula is C28H23ClN4. The van der Waals surface area contributed by atoms with Crippen molar-refractivity contribution in [1.29, 1.82) is 10.5 Å². The van der Waals surface area contributed by atoms with Gasteiger partial charge in [-0.3, -0.25) is 4.99 Å². The van der Waals surface area contributed by atoms with Gasteiger partial charge in [-0.2, -0.15) is 10.5 Å². The van der Waals surface area contributed by atoms with E-state index in [1.807, 2.05) is 69.3 Å². The number of rotatable bonds is 1. The third kappa shape index (κ3) is 3.14. The second kappa shape index (κ2) is 7.48. The zero-order valence-corrected chi connectivity index (χ0v) is 19.5. The maximum Gasteiger partial charge on any atom is 0.182 e. The number of fused-ring (bicyclic) bond motifs is 6. The minimum Gasteiger partial charge on any atom is -0.319 e. The van der Waals surface area contributed by atoms with E-state index < -0.39 is 22.9 Å². The molecule has 3 aromatic carbocycles. The van der Waals surface area contributed by atoms with Crippen molar-refractivity contribution in [2.45, 2.75) is 38.3 Å². The third-order valence-electron chi connectivity index (χ3n) is 6.36. The van der Waals surface area contributed by atoms with E-state index in [0.717, 1.165) is 33.8 Å². The molecule has 2 atom stereocenters. The minimum atomic E-state index is -1.39. The van der Waals surface area contributed by atoms with Crippen molar-refractivity contribution in [3.63, 3.8) is 0 Å². The summed E-state index contributed by atoms with van der Waals surface area (Å²) in [6.45, 7) is 6.10. The summed E-state index contributed by atoms with van der Waals surface area (Å²) < 4.78 is 0. The first-order valence-electron chi connectivity index (χ1n) is 11.0. The number of anilines is 1. The topological polar surface area (TPSA) is 63.2 Å². The smallest absolute Gasteiger partial charge is 0.182 e. The lowest BCUT2D eigenvalue weighted by Gasteiger charge is -2.38. The van der Waals surface area contributed by atoms with Gasteiger partial charge in [0.1, 0.15) is 5.84 Å². The summed E-state index contributed by atoms with van der Waals surface area (Å²) in [7, 11) is 0. The first kappa shape index (κ1) is 21.3. The number of aliphatic imine (C=N–C) groups is 1. The van der Waals surface area contributed by atoms with Crippen LogP contribution in [0, 0.1) is 28.1 Å². The molecule has 5 rings (SSSR count). The number of halogens is 1. The Labute approximate surface area is 199 Å². The first-order chi connectivity index (χ1) is 15.8. The molecule has 2 heterocycles. The van der Waals surface area contributed by atoms with Crippen molar-refractivity contribution in [3.8, 4) is 23.3 Å². The summed E-state index contributed by atoms with van der Waals surface area (Å²) >= 11 is 6.38. The van der Waals surface area contributed by atoms with Gasteiger partial charge >= 0.3 is 0 Å². The highest BCUT2D eigenvalue weighted by atomic mass is 35.5. The lowest BCUT2D eigenvalue weighted by Crippen LogP contribution is -2.36. The Morgan fingerprint density at radius 1 is 0.909 bits per heavy atom. The Bertz CT molecular complexity index is 1360. The van der Waals surface area contributed by atoms with Crippen LogP contribution in [-0.4, -0.2) is 11.4 Å². The normalized spacial score (nSPS) is 21.5. The number of hydrogen-bond acceptors (Lipinski definition) is 3. The second-order valence-corrected chi connectivity index (χ2v) is 10.0. The van der Waals surface area contributed by atoms with Gasteiger partial charge in [0.15, 0.2) is 5.41 Å². The monoisotopic (exact) mass is 450 g/mol. The molecule has 0 N–H and O–H groups in total. The van der Waals surface area contributed by atoms with Crippen LogP contribution >= 0.6 is 11.6 Å². The average Bonchev–Trinajstić information content (AvgIpc) is 3.08. The van der Waals surface area contributed by atoms with Crippen molar-refractivity contribution in [2.24, 2.45) is 10.4 Å². The maximum atomic E-state index is 10.7. The summed E-state index contributed by atoms with van der Waals surface area (Å²) in [5.74, 6) is 0.162. The molecule has 1 saturated heterocycles. The van der Waals surface area contributed by atoms with Gasteiger partial charge in [-0.05, 0) is 55.7 Å². The highest BCUT2D eigenvalue weighted by molar-refractivity contribution is 6.30. The summed E-state index contributed by atoms with van der Waals surface area (Å²) in [6.07, 6.45) is 0. The van der Waals surface area contributed by atoms with Crippen LogP contribution in [0.25, 0.3) is 11.1 Å². The Balaban J connectivity index is 1.92. The van der Waals surface area contributed by atoms with E-state index in [9.17, 15) is 10.5 Å². The summed E-state index contributed by atoms with van der Waals surface area (Å²) in [6, 6.07) is 28.1. The van der Waals surface area contributed by atoms with E-state index in [1.165, 1.54) is 0 Å². The second-order valence-electron chi connectivity index (χ2n) is 9.60. The number of nitriles is 2. The predicted molar refractivity (Wildman–Crippen MR) is 132 cm³/mol. The fraction of sp³-hybridized carbons (Fsp3) is 0.250. The Kier molecular flexibility index (Phi) is 4.82. The number of benzene rings is 3. The summed E-state index contributed by atoms with van der Waals surface area (Å²) in [5.41, 5.74) is 3.06. The number of hydrogen-bond donors (Lipinski definition) is 0. The van der Waals surface area contributed by atoms with E-state index in [4.69, 9.17) is 16.6 Å². The SMILES string of the molecule is CC(C)(C)N=C1[C@@H](c2cccc(Cl)c2)C(C#N)(C#N)[C@@H]2c3ccccc3-c3ccccc3N12. The standard InChI is InChI=1S/C28H23ClN4/c1-27(2,3)32-26-24(18-9-8-10-19(29)15-18)28(16-30,17-31)25-22-13-5-4-11-20(22)21-12-6-7-14-23(21)33(25)26/h4-15,24-25H,1-3H3/t24-,25+/m1/s1. The van der Waals surface area contributed by atoms with E-state index in [2.05, 4.69) is 35.2 Å². The lowest BCUT2D eigenvalue weighted by atomic mass is 9.69. The van der Waals surface area contributed by atoms with E-state index in [0.29, 0.717) is 5.02 Å². The fourth-order valence-corrected chi connectivity index (χ4v) is 5.41. The van der Waals surface area contributed by atoms with Crippen LogP contribution in [0.4, 0.5) is 5.69 Å². The van der Waals surface area contributed by atoms with Gasteiger partial charge in [-0.25, -0.2) is 0 Å². The summed E-state index contributed by atoms with van der Waals surface area (Å²) in [5, 5.41) is 21.9. The van der Waals surface area contributed by atoms with E-state index >= 15 is 0 Å². The van der Waals surface area contributed by atoms with Crippen molar-refractivity contribution in [3.05, 3.63) is 88.9 Å². The molecule has 5 heteroatoms. The van der Waals surface area contributed by atoms with Crippen LogP contribution in [0.1, 0.15) is 43.9 Å². The van der Waals surface area contributed by atoms with Crippen LogP contribution in [0.3, 0.4) is 0 Å². The van der Waals surface area contributed by atoms with Gasteiger partial charge in [0.2, 0.25) is 0 Å². The molecule has 0 radical (unpaired) electrons. The maximum absolute atomic E-state index is 10.7. The Morgan fingerprint density at radius 3 is 2.24 bits per heavy atom. The molecule has 1 fully saturated rings. The molecule has 0 aliphatic carbocycles. The zero-order chi connectivity index (χ0) is 23.4. The van der Waals surface area contributed by atoms with E-state index in [-0.39, 0.29) is 0 Å². The molecule has 0 saturated carbocycles. The lowest BCUT2D eigenvalue weighted by molar-refractivity contribution is 0.437. The van der Waals surface area contributed by atoms with E-state index in [1.54, 1.807) is 6.07 Å². The molecule has 33 heavy (non-hydrogen) atoms. The quantitative estimate of drug-likeness (QED) is 0.405. The Hall–Kier alpha value is -3.60. The van der Waals surface area contributed by atoms with Gasteiger partial charge < -0.3 is 4.90 Å². The number of nitrogens with zero attached hydrogens (tertiary/aromatic N) is 4. The van der Waals surface area contributed by atoms with Gasteiger partial charge in [-0.15, -0.1) is 0 Å². The molecule has 2 aliphatic heterocycles. The predicted octanol–water partition coefficient (Wildman–Crippen LogP) is 6.90. The highest BCUT2D eigenvalue weighted by Crippen LogP contribution is 2.61. The van der Waals surface area contributed by atoms with Crippen LogP contribution in [0.5, 0.6) is 0 Å². The molecule has 0 amide bonds. The van der Waals surface area contributed by atoms with Crippen molar-refractivity contribution in [1.82, 2.24) is 0 Å². The molecular weight excluding hydrogens is 428 g/mol. The van der Waals surface area contributed by atoms with Crippen molar-refractivity contribution >= 4 is 23.1 Å². The molecule has 0 aromatic heterocycles. The number of para-hydroxylation sites is 1. The largest absolute Gasteiger partial charge is 0.319 e. The third-order valence-corrected chi connectivity index (χ3v) is 6.60. The fourth-order valence-electron chi connectivity index (χ4n) is 5.21. The average molecular weight is 451 g/mol. The van der Waals surface area contributed by atoms with Gasteiger partial charge in [-0.1, -0.05) is 66.2 Å². The molecule has 3 aromatic rings. The zero-order valence-electron chi connectivity index (χ0n) is 18.7. The number of amidine groups is 1. The van der Waals surface area contributed by atoms with Crippen LogP contribution in [0.2, 0.25) is 5.02 Å². The molecule has 4 nitrogen and oxygen atoms in total. The van der Waals surface area contributed by atoms with Crippen LogP contribution < -0.4 is 4.90 Å². The molecule has 0 bridgehead atoms. The molecule has 0 unspecified atom stereocenters. The van der Waals surface area contributed by atoms with Crippen molar-refractivity contribution < 1.29 is 0 Å². The molecule has 2 aliphatic rings. The van der Waals surface area contributed by atoms with Crippen LogP contribution in [-0.2, 0) is 0 Å². The van der Waals surface area contributed by atoms with Crippen molar-refractivity contribution in [2.75, 3.05) is 4.90 Å². The first-order valence-corrected chi connectivity index (χ1v) is 11.3. The van der Waals surface area contributed by atoms with Gasteiger partial charge in [0, 0.05) is 10.6 Å². The van der Waals surface area contributed by atoms with Gasteiger partial charge in [0.05, 0.1) is 35.3 Å². The molecule has 162 valence electrons. The molecule has 0 spiro atoms. The van der Waals surface area contributed by atoms with Gasteiger partial charge in [0.25, 0.3) is 0 Å². The Morgan fingerprint density at radius 2 is 1.58 bits per heavy atom. The highest BCUT2D eigenvalue weighted by Gasteiger charge is 2.62. The minimum absolute atomic E-state index is 0.413. The van der Waals surface area contributed by atoms with Crippen LogP contribution in [0.15, 0.2) is 77.8 Å².